The van der Waals surface area contributed by atoms with Crippen LogP contribution in [0, 0.1) is 18.3 Å². The van der Waals surface area contributed by atoms with Gasteiger partial charge in [-0.2, -0.15) is 5.26 Å². The molecule has 0 spiro atoms. The number of aryl methyl sites for hydroxylation is 1. The predicted octanol–water partition coefficient (Wildman–Crippen LogP) is 4.03. The third-order valence-electron chi connectivity index (χ3n) is 2.55. The van der Waals surface area contributed by atoms with Crippen molar-refractivity contribution >= 4 is 11.8 Å². The molecule has 0 aliphatic carbocycles. The second-order valence-corrected chi connectivity index (χ2v) is 4.95. The summed E-state index contributed by atoms with van der Waals surface area (Å²) in [6.07, 6.45) is 0. The highest BCUT2D eigenvalue weighted by Gasteiger charge is 2.08. The molecule has 0 heterocycles. The van der Waals surface area contributed by atoms with Crippen LogP contribution in [0.5, 0.6) is 5.75 Å². The highest BCUT2D eigenvalue weighted by Crippen LogP contribution is 2.36. The van der Waals surface area contributed by atoms with Crippen molar-refractivity contribution in [1.82, 2.24) is 0 Å². The number of methoxy groups -OCH3 is 1. The standard InChI is InChI=1S/C15H13NOS/c1-11-7-8-12(10-16)15(9-11)18-14-6-4-3-5-13(14)17-2/h3-9H,1-2H3. The molecule has 18 heavy (non-hydrogen) atoms. The Morgan fingerprint density at radius 1 is 1.11 bits per heavy atom. The van der Waals surface area contributed by atoms with Gasteiger partial charge in [0.2, 0.25) is 0 Å². The van der Waals surface area contributed by atoms with Crippen LogP contribution in [0.1, 0.15) is 11.1 Å². The number of ether oxygens (including phenoxy) is 1. The van der Waals surface area contributed by atoms with E-state index in [1.807, 2.05) is 49.4 Å². The molecular weight excluding hydrogens is 242 g/mol. The molecular formula is C15H13NOS. The van der Waals surface area contributed by atoms with Crippen LogP contribution >= 0.6 is 11.8 Å². The van der Waals surface area contributed by atoms with E-state index in [2.05, 4.69) is 6.07 Å². The van der Waals surface area contributed by atoms with E-state index < -0.39 is 0 Å². The highest BCUT2D eigenvalue weighted by molar-refractivity contribution is 7.99. The number of nitrogens with zero attached hydrogens (tertiary/aromatic N) is 1. The average Bonchev–Trinajstić information content (AvgIpc) is 2.40. The maximum Gasteiger partial charge on any atom is 0.132 e. The Morgan fingerprint density at radius 2 is 1.89 bits per heavy atom. The van der Waals surface area contributed by atoms with Crippen LogP contribution in [0.15, 0.2) is 52.3 Å². The molecule has 2 nitrogen and oxygen atoms in total. The van der Waals surface area contributed by atoms with Crippen molar-refractivity contribution < 1.29 is 4.74 Å². The van der Waals surface area contributed by atoms with Crippen molar-refractivity contribution in [2.45, 2.75) is 16.7 Å². The molecule has 0 N–H and O–H groups in total. The van der Waals surface area contributed by atoms with Gasteiger partial charge in [0.1, 0.15) is 11.8 Å². The van der Waals surface area contributed by atoms with Gasteiger partial charge in [0.25, 0.3) is 0 Å². The third-order valence-corrected chi connectivity index (χ3v) is 3.66. The molecule has 2 aromatic carbocycles. The van der Waals surface area contributed by atoms with Crippen LogP contribution in [-0.4, -0.2) is 7.11 Å². The monoisotopic (exact) mass is 255 g/mol. The van der Waals surface area contributed by atoms with Crippen LogP contribution in [0.3, 0.4) is 0 Å². The molecule has 2 rings (SSSR count). The molecule has 90 valence electrons. The summed E-state index contributed by atoms with van der Waals surface area (Å²) in [7, 11) is 1.65. The second-order valence-electron chi connectivity index (χ2n) is 3.86. The van der Waals surface area contributed by atoms with Gasteiger partial charge in [-0.3, -0.25) is 0 Å². The Labute approximate surface area is 111 Å². The predicted molar refractivity (Wildman–Crippen MR) is 73.0 cm³/mol. The number of benzene rings is 2. The fourth-order valence-electron chi connectivity index (χ4n) is 1.63. The van der Waals surface area contributed by atoms with Crippen molar-refractivity contribution in [1.29, 1.82) is 5.26 Å². The van der Waals surface area contributed by atoms with Gasteiger partial charge in [-0.15, -0.1) is 0 Å². The summed E-state index contributed by atoms with van der Waals surface area (Å²) in [5, 5.41) is 9.12. The molecule has 3 heteroatoms. The number of hydrogen-bond donors (Lipinski definition) is 0. The first-order valence-corrected chi connectivity index (χ1v) is 6.38. The molecule has 2 aromatic rings. The largest absolute Gasteiger partial charge is 0.496 e. The summed E-state index contributed by atoms with van der Waals surface area (Å²) in [4.78, 5) is 1.98. The minimum Gasteiger partial charge on any atom is -0.496 e. The molecule has 0 bridgehead atoms. The Kier molecular flexibility index (Phi) is 3.91. The minimum absolute atomic E-state index is 0.691. The maximum atomic E-state index is 9.12. The Morgan fingerprint density at radius 3 is 2.61 bits per heavy atom. The Hall–Kier alpha value is -1.92. The molecule has 0 aliphatic rings. The lowest BCUT2D eigenvalue weighted by Gasteiger charge is -2.09. The normalized spacial score (nSPS) is 9.83. The van der Waals surface area contributed by atoms with E-state index in [0.717, 1.165) is 21.1 Å². The maximum absolute atomic E-state index is 9.12. The minimum atomic E-state index is 0.691. The summed E-state index contributed by atoms with van der Waals surface area (Å²) in [6.45, 7) is 2.02. The van der Waals surface area contributed by atoms with E-state index in [-0.39, 0.29) is 0 Å². The van der Waals surface area contributed by atoms with Crippen LogP contribution < -0.4 is 4.74 Å². The van der Waals surface area contributed by atoms with Crippen molar-refractivity contribution in [3.05, 3.63) is 53.6 Å². The van der Waals surface area contributed by atoms with Crippen LogP contribution in [0.2, 0.25) is 0 Å². The van der Waals surface area contributed by atoms with Gasteiger partial charge in [-0.25, -0.2) is 0 Å². The fourth-order valence-corrected chi connectivity index (χ4v) is 2.73. The van der Waals surface area contributed by atoms with E-state index in [0.29, 0.717) is 5.56 Å². The molecule has 0 atom stereocenters. The van der Waals surface area contributed by atoms with E-state index in [9.17, 15) is 0 Å². The first kappa shape index (κ1) is 12.5. The summed E-state index contributed by atoms with van der Waals surface area (Å²) in [5.74, 6) is 0.827. The molecule has 0 radical (unpaired) electrons. The molecule has 0 saturated carbocycles. The lowest BCUT2D eigenvalue weighted by atomic mass is 10.2. The van der Waals surface area contributed by atoms with E-state index >= 15 is 0 Å². The summed E-state index contributed by atoms with van der Waals surface area (Å²) >= 11 is 1.56. The molecule has 0 aromatic heterocycles. The zero-order valence-corrected chi connectivity index (χ0v) is 11.1. The van der Waals surface area contributed by atoms with Crippen LogP contribution in [-0.2, 0) is 0 Å². The average molecular weight is 255 g/mol. The third kappa shape index (κ3) is 2.66. The van der Waals surface area contributed by atoms with Gasteiger partial charge in [-0.1, -0.05) is 30.0 Å². The first-order valence-electron chi connectivity index (χ1n) is 5.56. The molecule has 0 saturated heterocycles. The highest BCUT2D eigenvalue weighted by atomic mass is 32.2. The Bertz CT molecular complexity index is 602. The summed E-state index contributed by atoms with van der Waals surface area (Å²) in [5.41, 5.74) is 1.84. The lowest BCUT2D eigenvalue weighted by Crippen LogP contribution is -1.87. The number of para-hydroxylation sites is 1. The first-order chi connectivity index (χ1) is 8.74. The van der Waals surface area contributed by atoms with E-state index in [4.69, 9.17) is 10.00 Å². The second kappa shape index (κ2) is 5.61. The van der Waals surface area contributed by atoms with Gasteiger partial charge in [0.05, 0.1) is 17.6 Å². The number of nitriles is 1. The van der Waals surface area contributed by atoms with E-state index in [1.54, 1.807) is 18.9 Å². The van der Waals surface area contributed by atoms with E-state index in [1.165, 1.54) is 0 Å². The van der Waals surface area contributed by atoms with Gasteiger partial charge in [0, 0.05) is 4.90 Å². The fraction of sp³-hybridized carbons (Fsp3) is 0.133. The van der Waals surface area contributed by atoms with Crippen molar-refractivity contribution in [3.63, 3.8) is 0 Å². The molecule has 0 unspecified atom stereocenters. The van der Waals surface area contributed by atoms with Crippen molar-refractivity contribution in [3.8, 4) is 11.8 Å². The Balaban J connectivity index is 2.40. The zero-order valence-electron chi connectivity index (χ0n) is 10.3. The molecule has 0 aliphatic heterocycles. The molecule has 0 amide bonds. The summed E-state index contributed by atoms with van der Waals surface area (Å²) in [6, 6.07) is 15.9. The van der Waals surface area contributed by atoms with Gasteiger partial charge >= 0.3 is 0 Å². The zero-order chi connectivity index (χ0) is 13.0. The summed E-state index contributed by atoms with van der Waals surface area (Å²) < 4.78 is 5.32. The van der Waals surface area contributed by atoms with Gasteiger partial charge in [-0.05, 0) is 36.8 Å². The molecule has 0 fully saturated rings. The van der Waals surface area contributed by atoms with Gasteiger partial charge in [0.15, 0.2) is 0 Å². The SMILES string of the molecule is COc1ccccc1Sc1cc(C)ccc1C#N. The topological polar surface area (TPSA) is 33.0 Å². The van der Waals surface area contributed by atoms with Gasteiger partial charge < -0.3 is 4.74 Å². The quantitative estimate of drug-likeness (QED) is 0.830. The van der Waals surface area contributed by atoms with Crippen molar-refractivity contribution in [2.24, 2.45) is 0 Å². The van der Waals surface area contributed by atoms with Crippen LogP contribution in [0.4, 0.5) is 0 Å². The number of rotatable bonds is 3. The van der Waals surface area contributed by atoms with Crippen LogP contribution in [0.25, 0.3) is 0 Å². The number of hydrogen-bond acceptors (Lipinski definition) is 3. The van der Waals surface area contributed by atoms with Crippen molar-refractivity contribution in [2.75, 3.05) is 7.11 Å². The lowest BCUT2D eigenvalue weighted by molar-refractivity contribution is 0.405. The smallest absolute Gasteiger partial charge is 0.132 e.